The van der Waals surface area contributed by atoms with Gasteiger partial charge in [0.25, 0.3) is 0 Å². The maximum Gasteiger partial charge on any atom is 0.317 e. The summed E-state index contributed by atoms with van der Waals surface area (Å²) in [5.74, 6) is -0.880. The van der Waals surface area contributed by atoms with Gasteiger partial charge in [-0.1, -0.05) is 91.0 Å². The molecule has 0 radical (unpaired) electrons. The first-order valence-electron chi connectivity index (χ1n) is 9.60. The van der Waals surface area contributed by atoms with Crippen LogP contribution in [0.4, 0.5) is 0 Å². The lowest BCUT2D eigenvalue weighted by Crippen LogP contribution is -2.50. The smallest absolute Gasteiger partial charge is 0.317 e. The van der Waals surface area contributed by atoms with E-state index < -0.39 is 11.5 Å². The zero-order valence-corrected chi connectivity index (χ0v) is 16.5. The number of carboxylic acid groups (broad SMARTS) is 1. The van der Waals surface area contributed by atoms with Gasteiger partial charge in [-0.05, 0) is 16.7 Å². The fourth-order valence-electron chi connectivity index (χ4n) is 3.74. The molecule has 0 amide bonds. The summed E-state index contributed by atoms with van der Waals surface area (Å²) in [6, 6.07) is 30.7. The summed E-state index contributed by atoms with van der Waals surface area (Å²) in [7, 11) is 1.65. The number of hydroxylamine groups is 2. The molecule has 0 unspecified atom stereocenters. The Morgan fingerprint density at radius 2 is 1.28 bits per heavy atom. The molecule has 0 heterocycles. The number of hydrogen-bond acceptors (Lipinski definition) is 4. The Hall–Kier alpha value is -2.99. The Bertz CT molecular complexity index is 789. The van der Waals surface area contributed by atoms with Crippen LogP contribution in [0.5, 0.6) is 0 Å². The van der Waals surface area contributed by atoms with Gasteiger partial charge in [0.2, 0.25) is 0 Å². The average molecular weight is 390 g/mol. The van der Waals surface area contributed by atoms with Crippen molar-refractivity contribution < 1.29 is 14.7 Å². The normalized spacial score (nSPS) is 11.5. The number of hydrogen-bond donors (Lipinski definition) is 2. The minimum Gasteiger partial charge on any atom is -0.480 e. The largest absolute Gasteiger partial charge is 0.480 e. The van der Waals surface area contributed by atoms with Gasteiger partial charge in [-0.2, -0.15) is 5.06 Å². The van der Waals surface area contributed by atoms with Crippen LogP contribution in [0.2, 0.25) is 0 Å². The Kier molecular flexibility index (Phi) is 7.14. The van der Waals surface area contributed by atoms with Crippen LogP contribution < -0.4 is 5.32 Å². The van der Waals surface area contributed by atoms with Crippen LogP contribution in [0.15, 0.2) is 91.0 Å². The molecule has 3 rings (SSSR count). The maximum atomic E-state index is 10.9. The minimum atomic E-state index is -0.880. The van der Waals surface area contributed by atoms with Crippen LogP contribution in [-0.4, -0.2) is 42.9 Å². The van der Waals surface area contributed by atoms with Gasteiger partial charge < -0.3 is 15.3 Å². The number of carbonyl (C=O) groups is 1. The molecule has 29 heavy (non-hydrogen) atoms. The summed E-state index contributed by atoms with van der Waals surface area (Å²) in [6.45, 7) is 0.865. The van der Waals surface area contributed by atoms with E-state index in [-0.39, 0.29) is 6.54 Å². The van der Waals surface area contributed by atoms with Crippen molar-refractivity contribution in [3.8, 4) is 0 Å². The van der Waals surface area contributed by atoms with E-state index in [1.165, 1.54) is 0 Å². The van der Waals surface area contributed by atoms with Gasteiger partial charge in [0.15, 0.2) is 0 Å². The minimum absolute atomic E-state index is 0.0907. The van der Waals surface area contributed by atoms with E-state index in [1.807, 2.05) is 59.7 Å². The third kappa shape index (κ3) is 4.54. The van der Waals surface area contributed by atoms with Crippen LogP contribution in [0.1, 0.15) is 16.7 Å². The van der Waals surface area contributed by atoms with E-state index in [2.05, 4.69) is 41.7 Å². The molecule has 5 heteroatoms. The average Bonchev–Trinajstić information content (AvgIpc) is 2.78. The highest BCUT2D eigenvalue weighted by atomic mass is 16.7. The molecule has 5 nitrogen and oxygen atoms in total. The molecule has 0 fully saturated rings. The molecule has 3 aromatic carbocycles. The van der Waals surface area contributed by atoms with Gasteiger partial charge in [-0.25, -0.2) is 0 Å². The molecule has 0 aromatic heterocycles. The molecular formula is C24H26N2O3. The Balaban J connectivity index is 2.14. The van der Waals surface area contributed by atoms with Gasteiger partial charge in [-0.3, -0.25) is 4.79 Å². The Morgan fingerprint density at radius 3 is 1.62 bits per heavy atom. The summed E-state index contributed by atoms with van der Waals surface area (Å²) in [4.78, 5) is 16.8. The zero-order valence-electron chi connectivity index (χ0n) is 16.5. The molecular weight excluding hydrogens is 364 g/mol. The highest BCUT2D eigenvalue weighted by molar-refractivity contribution is 5.68. The lowest BCUT2D eigenvalue weighted by atomic mass is 9.76. The van der Waals surface area contributed by atoms with Crippen molar-refractivity contribution in [3.05, 3.63) is 108 Å². The second-order valence-corrected chi connectivity index (χ2v) is 6.66. The summed E-state index contributed by atoms with van der Waals surface area (Å²) < 4.78 is 0. The molecule has 0 bridgehead atoms. The number of rotatable bonds is 10. The zero-order chi connectivity index (χ0) is 20.5. The fourth-order valence-corrected chi connectivity index (χ4v) is 3.74. The Labute approximate surface area is 171 Å². The van der Waals surface area contributed by atoms with Crippen molar-refractivity contribution >= 4 is 5.97 Å². The number of nitrogens with zero attached hydrogens (tertiary/aromatic N) is 1. The molecule has 0 atom stereocenters. The van der Waals surface area contributed by atoms with Crippen LogP contribution in [0.25, 0.3) is 0 Å². The van der Waals surface area contributed by atoms with Crippen LogP contribution >= 0.6 is 0 Å². The predicted octanol–water partition coefficient (Wildman–Crippen LogP) is 3.52. The van der Waals surface area contributed by atoms with E-state index in [9.17, 15) is 4.79 Å². The Morgan fingerprint density at radius 1 is 0.862 bits per heavy atom. The summed E-state index contributed by atoms with van der Waals surface area (Å²) in [6.07, 6.45) is 0. The third-order valence-corrected chi connectivity index (χ3v) is 4.94. The number of aliphatic carboxylic acids is 1. The molecule has 3 aromatic rings. The van der Waals surface area contributed by atoms with Gasteiger partial charge in [0.1, 0.15) is 5.54 Å². The van der Waals surface area contributed by atoms with Crippen molar-refractivity contribution in [2.24, 2.45) is 0 Å². The first-order chi connectivity index (χ1) is 14.2. The molecule has 150 valence electrons. The summed E-state index contributed by atoms with van der Waals surface area (Å²) >= 11 is 0. The monoisotopic (exact) mass is 390 g/mol. The van der Waals surface area contributed by atoms with Crippen molar-refractivity contribution in [1.82, 2.24) is 10.4 Å². The lowest BCUT2D eigenvalue weighted by Gasteiger charge is -2.44. The molecule has 0 spiro atoms. The molecule has 0 aliphatic heterocycles. The maximum absolute atomic E-state index is 10.9. The van der Waals surface area contributed by atoms with Crippen molar-refractivity contribution in [2.45, 2.75) is 5.54 Å². The molecule has 0 saturated carbocycles. The molecule has 0 aliphatic carbocycles. The van der Waals surface area contributed by atoms with Crippen molar-refractivity contribution in [2.75, 3.05) is 26.7 Å². The van der Waals surface area contributed by atoms with E-state index in [0.29, 0.717) is 13.1 Å². The number of nitrogens with one attached hydrogen (secondary N) is 1. The molecule has 0 aliphatic rings. The van der Waals surface area contributed by atoms with Crippen molar-refractivity contribution in [3.63, 3.8) is 0 Å². The summed E-state index contributed by atoms with van der Waals surface area (Å²) in [5.41, 5.74) is 2.51. The quantitative estimate of drug-likeness (QED) is 0.315. The van der Waals surface area contributed by atoms with Gasteiger partial charge in [-0.15, -0.1) is 0 Å². The van der Waals surface area contributed by atoms with Crippen LogP contribution in [0.3, 0.4) is 0 Å². The number of benzene rings is 3. The second-order valence-electron chi connectivity index (χ2n) is 6.66. The van der Waals surface area contributed by atoms with E-state index in [0.717, 1.165) is 16.7 Å². The highest BCUT2D eigenvalue weighted by Crippen LogP contribution is 2.42. The second kappa shape index (κ2) is 9.98. The topological polar surface area (TPSA) is 61.8 Å². The van der Waals surface area contributed by atoms with Crippen LogP contribution in [-0.2, 0) is 15.2 Å². The van der Waals surface area contributed by atoms with Crippen molar-refractivity contribution in [1.29, 1.82) is 0 Å². The first-order valence-corrected chi connectivity index (χ1v) is 9.60. The van der Waals surface area contributed by atoms with E-state index >= 15 is 0 Å². The van der Waals surface area contributed by atoms with Gasteiger partial charge in [0, 0.05) is 13.1 Å². The predicted molar refractivity (Wildman–Crippen MR) is 113 cm³/mol. The highest BCUT2D eigenvalue weighted by Gasteiger charge is 2.42. The molecule has 0 saturated heterocycles. The van der Waals surface area contributed by atoms with E-state index in [4.69, 9.17) is 9.94 Å². The lowest BCUT2D eigenvalue weighted by molar-refractivity contribution is -0.180. The first kappa shape index (κ1) is 20.7. The van der Waals surface area contributed by atoms with Crippen LogP contribution in [0, 0.1) is 0 Å². The molecule has 2 N–H and O–H groups in total. The third-order valence-electron chi connectivity index (χ3n) is 4.94. The number of carboxylic acids is 1. The van der Waals surface area contributed by atoms with E-state index in [1.54, 1.807) is 7.11 Å². The van der Waals surface area contributed by atoms with Gasteiger partial charge >= 0.3 is 5.97 Å². The summed E-state index contributed by atoms with van der Waals surface area (Å²) in [5, 5.41) is 13.8. The fraction of sp³-hybridized carbons (Fsp3) is 0.208. The SMILES string of the molecule is CON(CCNCC(=O)O)C(c1ccccc1)(c1ccccc1)c1ccccc1. The standard InChI is InChI=1S/C24H26N2O3/c1-29-26(18-17-25-19-23(27)28)24(20-11-5-2-6-12-20,21-13-7-3-8-14-21)22-15-9-4-10-16-22/h2-16,25H,17-19H2,1H3,(H,27,28). The van der Waals surface area contributed by atoms with Gasteiger partial charge in [0.05, 0.1) is 13.7 Å².